The van der Waals surface area contributed by atoms with E-state index in [1.165, 1.54) is 0 Å². The molecule has 0 radical (unpaired) electrons. The molecular formula is C11H11Cl2NO5. The Kier molecular flexibility index (Phi) is 8.32. The molecule has 0 heterocycles. The van der Waals surface area contributed by atoms with Crippen molar-refractivity contribution in [2.45, 2.75) is 4.84 Å². The van der Waals surface area contributed by atoms with Gasteiger partial charge in [-0.1, -0.05) is 41.4 Å². The molecule has 0 unspecified atom stereocenters. The lowest BCUT2D eigenvalue weighted by Gasteiger charge is -2.00. The Labute approximate surface area is 118 Å². The molecule has 0 aliphatic rings. The number of alkyl halides is 2. The van der Waals surface area contributed by atoms with E-state index in [1.54, 1.807) is 30.3 Å². The summed E-state index contributed by atoms with van der Waals surface area (Å²) < 4.78 is 0. The van der Waals surface area contributed by atoms with Gasteiger partial charge in [0.15, 0.2) is 0 Å². The Morgan fingerprint density at radius 3 is 1.95 bits per heavy atom. The van der Waals surface area contributed by atoms with Gasteiger partial charge < -0.3 is 15.5 Å². The fourth-order valence-electron chi connectivity index (χ4n) is 0.847. The van der Waals surface area contributed by atoms with Crippen LogP contribution < -0.4 is 5.32 Å². The number of hydrogen-bond donors (Lipinski definition) is 3. The van der Waals surface area contributed by atoms with Gasteiger partial charge in [0.25, 0.3) is 5.91 Å². The highest BCUT2D eigenvalue weighted by Gasteiger charge is 2.05. The van der Waals surface area contributed by atoms with Crippen molar-refractivity contribution in [1.29, 1.82) is 0 Å². The number of amides is 1. The Bertz CT molecular complexity index is 436. The Morgan fingerprint density at radius 1 is 1.11 bits per heavy atom. The van der Waals surface area contributed by atoms with Gasteiger partial charge in [0.2, 0.25) is 4.84 Å². The predicted molar refractivity (Wildman–Crippen MR) is 69.5 cm³/mol. The van der Waals surface area contributed by atoms with Crippen LogP contribution >= 0.6 is 23.2 Å². The number of carboxylic acids is 2. The number of carbonyl (C=O) groups excluding carboxylic acids is 1. The average Bonchev–Trinajstić information content (AvgIpc) is 2.37. The molecule has 0 bridgehead atoms. The quantitative estimate of drug-likeness (QED) is 0.729. The van der Waals surface area contributed by atoms with E-state index in [2.05, 4.69) is 5.32 Å². The standard InChI is InChI=1S/C9H9NO3.C2H2Cl2O2/c11-8(12)6-10-9(13)7-4-2-1-3-5-7;3-1(4)2(5)6/h1-5H,6H2,(H,10,13)(H,11,12);1H,(H,5,6). The van der Waals surface area contributed by atoms with Crippen LogP contribution in [0.25, 0.3) is 0 Å². The minimum atomic E-state index is -1.29. The van der Waals surface area contributed by atoms with Crippen molar-refractivity contribution < 1.29 is 24.6 Å². The monoisotopic (exact) mass is 307 g/mol. The molecule has 19 heavy (non-hydrogen) atoms. The number of rotatable bonds is 4. The molecule has 1 aromatic rings. The number of aliphatic carboxylic acids is 2. The van der Waals surface area contributed by atoms with Crippen molar-refractivity contribution in [2.24, 2.45) is 0 Å². The van der Waals surface area contributed by atoms with Crippen LogP contribution in [0.1, 0.15) is 10.4 Å². The topological polar surface area (TPSA) is 104 Å². The molecule has 8 heteroatoms. The number of halogens is 2. The maximum absolute atomic E-state index is 11.2. The second-order valence-corrected chi connectivity index (χ2v) is 4.18. The highest BCUT2D eigenvalue weighted by molar-refractivity contribution is 6.52. The van der Waals surface area contributed by atoms with Gasteiger partial charge in [0, 0.05) is 5.56 Å². The highest BCUT2D eigenvalue weighted by Crippen LogP contribution is 1.98. The molecule has 1 aromatic carbocycles. The molecule has 0 aromatic heterocycles. The van der Waals surface area contributed by atoms with E-state index >= 15 is 0 Å². The van der Waals surface area contributed by atoms with E-state index in [-0.39, 0.29) is 12.5 Å². The fourth-order valence-corrected chi connectivity index (χ4v) is 0.847. The summed E-state index contributed by atoms with van der Waals surface area (Å²) in [5.41, 5.74) is 0.462. The first-order valence-corrected chi connectivity index (χ1v) is 5.78. The summed E-state index contributed by atoms with van der Waals surface area (Å²) in [5, 5.41) is 18.3. The van der Waals surface area contributed by atoms with Gasteiger partial charge in [0.1, 0.15) is 6.54 Å². The Balaban J connectivity index is 0.000000459. The maximum atomic E-state index is 11.2. The van der Waals surface area contributed by atoms with Crippen LogP contribution in [0.2, 0.25) is 0 Å². The predicted octanol–water partition coefficient (Wildman–Crippen LogP) is 1.38. The Hall–Kier alpha value is -1.79. The molecule has 1 rings (SSSR count). The van der Waals surface area contributed by atoms with E-state index in [0.717, 1.165) is 0 Å². The molecule has 3 N–H and O–H groups in total. The van der Waals surface area contributed by atoms with E-state index in [0.29, 0.717) is 5.56 Å². The lowest BCUT2D eigenvalue weighted by molar-refractivity contribution is -0.136. The molecule has 6 nitrogen and oxygen atoms in total. The zero-order valence-electron chi connectivity index (χ0n) is 9.55. The van der Waals surface area contributed by atoms with Crippen LogP contribution in [-0.2, 0) is 9.59 Å². The summed E-state index contributed by atoms with van der Waals surface area (Å²) in [5.74, 6) is -2.63. The first-order valence-electron chi connectivity index (χ1n) is 4.90. The largest absolute Gasteiger partial charge is 0.480 e. The lowest BCUT2D eigenvalue weighted by atomic mass is 10.2. The third-order valence-electron chi connectivity index (χ3n) is 1.62. The minimum absolute atomic E-state index is 0.353. The normalized spacial score (nSPS) is 9.21. The van der Waals surface area contributed by atoms with E-state index < -0.39 is 16.8 Å². The van der Waals surface area contributed by atoms with Crippen LogP contribution in [0.15, 0.2) is 30.3 Å². The van der Waals surface area contributed by atoms with Gasteiger partial charge in [-0.2, -0.15) is 0 Å². The van der Waals surface area contributed by atoms with Crippen LogP contribution in [0, 0.1) is 0 Å². The summed E-state index contributed by atoms with van der Waals surface area (Å²) >= 11 is 9.56. The molecule has 0 saturated carbocycles. The molecule has 0 aliphatic carbocycles. The molecule has 0 fully saturated rings. The summed E-state index contributed by atoms with van der Waals surface area (Å²) in [6, 6.07) is 8.47. The van der Waals surface area contributed by atoms with E-state index in [9.17, 15) is 14.4 Å². The van der Waals surface area contributed by atoms with Crippen molar-refractivity contribution in [2.75, 3.05) is 6.54 Å². The smallest absolute Gasteiger partial charge is 0.337 e. The summed E-state index contributed by atoms with van der Waals surface area (Å²) in [6.07, 6.45) is 0. The van der Waals surface area contributed by atoms with Crippen molar-refractivity contribution in [3.05, 3.63) is 35.9 Å². The van der Waals surface area contributed by atoms with Crippen molar-refractivity contribution >= 4 is 41.0 Å². The number of benzene rings is 1. The van der Waals surface area contributed by atoms with Gasteiger partial charge in [-0.15, -0.1) is 0 Å². The number of nitrogens with one attached hydrogen (secondary N) is 1. The zero-order chi connectivity index (χ0) is 14.8. The second kappa shape index (κ2) is 9.18. The summed E-state index contributed by atoms with van der Waals surface area (Å²) in [7, 11) is 0. The summed E-state index contributed by atoms with van der Waals surface area (Å²) in [6.45, 7) is -0.353. The molecule has 0 aliphatic heterocycles. The van der Waals surface area contributed by atoms with E-state index in [4.69, 9.17) is 33.4 Å². The Morgan fingerprint density at radius 2 is 1.58 bits per heavy atom. The van der Waals surface area contributed by atoms with Crippen LogP contribution in [-0.4, -0.2) is 39.4 Å². The average molecular weight is 308 g/mol. The van der Waals surface area contributed by atoms with Gasteiger partial charge in [-0.3, -0.25) is 9.59 Å². The van der Waals surface area contributed by atoms with Crippen LogP contribution in [0.5, 0.6) is 0 Å². The third-order valence-corrected chi connectivity index (χ3v) is 2.00. The molecule has 104 valence electrons. The number of carbonyl (C=O) groups is 3. The second-order valence-electron chi connectivity index (χ2n) is 3.08. The van der Waals surface area contributed by atoms with Gasteiger partial charge in [0.05, 0.1) is 0 Å². The zero-order valence-corrected chi connectivity index (χ0v) is 11.1. The lowest BCUT2D eigenvalue weighted by Crippen LogP contribution is -2.29. The fraction of sp³-hybridized carbons (Fsp3) is 0.182. The van der Waals surface area contributed by atoms with Crippen molar-refractivity contribution in [3.8, 4) is 0 Å². The molecular weight excluding hydrogens is 297 g/mol. The molecule has 0 atom stereocenters. The van der Waals surface area contributed by atoms with Gasteiger partial charge in [-0.25, -0.2) is 4.79 Å². The molecule has 1 amide bonds. The SMILES string of the molecule is O=C(O)C(Cl)Cl.O=C(O)CNC(=O)c1ccccc1. The number of carboxylic acid groups (broad SMARTS) is 2. The van der Waals surface area contributed by atoms with Gasteiger partial charge >= 0.3 is 11.9 Å². The van der Waals surface area contributed by atoms with Crippen LogP contribution in [0.4, 0.5) is 0 Å². The summed E-state index contributed by atoms with van der Waals surface area (Å²) in [4.78, 5) is 29.4. The maximum Gasteiger partial charge on any atom is 0.337 e. The molecule has 0 saturated heterocycles. The molecule has 0 spiro atoms. The third kappa shape index (κ3) is 8.87. The van der Waals surface area contributed by atoms with Crippen LogP contribution in [0.3, 0.4) is 0 Å². The van der Waals surface area contributed by atoms with E-state index in [1.807, 2.05) is 0 Å². The van der Waals surface area contributed by atoms with Crippen molar-refractivity contribution in [1.82, 2.24) is 5.32 Å². The number of hydrogen-bond acceptors (Lipinski definition) is 3. The van der Waals surface area contributed by atoms with Crippen molar-refractivity contribution in [3.63, 3.8) is 0 Å². The first kappa shape index (κ1) is 17.2. The highest BCUT2D eigenvalue weighted by atomic mass is 35.5. The van der Waals surface area contributed by atoms with Gasteiger partial charge in [-0.05, 0) is 12.1 Å². The first-order chi connectivity index (χ1) is 8.84. The minimum Gasteiger partial charge on any atom is -0.480 e.